The number of morpholine rings is 2. The molecule has 4 heterocycles. The van der Waals surface area contributed by atoms with E-state index in [-0.39, 0.29) is 11.6 Å². The van der Waals surface area contributed by atoms with E-state index in [1.165, 1.54) is 24.5 Å². The third-order valence-corrected chi connectivity index (χ3v) is 4.51. The number of ether oxygens (including phenoxy) is 2. The predicted molar refractivity (Wildman–Crippen MR) is 116 cm³/mol. The van der Waals surface area contributed by atoms with Crippen molar-refractivity contribution in [1.29, 1.82) is 0 Å². The first-order valence-electron chi connectivity index (χ1n) is 9.45. The molecule has 31 heavy (non-hydrogen) atoms. The fourth-order valence-electron chi connectivity index (χ4n) is 2.49. The van der Waals surface area contributed by atoms with Gasteiger partial charge in [-0.1, -0.05) is 0 Å². The Morgan fingerprint density at radius 1 is 0.871 bits per heavy atom. The average molecular weight is 499 g/mol. The third kappa shape index (κ3) is 9.29. The fourth-order valence-corrected chi connectivity index (χ4v) is 2.72. The van der Waals surface area contributed by atoms with Gasteiger partial charge in [-0.2, -0.15) is 0 Å². The molecular weight excluding hydrogens is 476 g/mol. The normalized spacial score (nSPS) is 15.6. The van der Waals surface area contributed by atoms with E-state index in [1.54, 1.807) is 12.1 Å². The Kier molecular flexibility index (Phi) is 10.7. The Bertz CT molecular complexity index is 802. The van der Waals surface area contributed by atoms with Crippen LogP contribution >= 0.6 is 15.9 Å². The number of nitrogens with zero attached hydrogens (tertiary/aromatic N) is 5. The van der Waals surface area contributed by atoms with Crippen molar-refractivity contribution in [2.24, 2.45) is 0 Å². The van der Waals surface area contributed by atoms with E-state index in [0.29, 0.717) is 13.2 Å². The van der Waals surface area contributed by atoms with Crippen LogP contribution < -0.4 is 10.2 Å². The highest BCUT2D eigenvalue weighted by molar-refractivity contribution is 9.10. The standard InChI is InChI=1S/C9H11N3O3.C5H3BrN2O2.C4H9NO/c13-12(14)9-2-1-8(7-10-9)11-3-5-15-6-4-11;6-4-1-2-5(7-3-4)8(9)10;1-3-6-4-2-5-1/h1-2,7H,3-6H2;1-3H;5H,1-4H2. The number of hydrogen-bond acceptors (Lipinski definition) is 10. The summed E-state index contributed by atoms with van der Waals surface area (Å²) in [6.07, 6.45) is 2.92. The van der Waals surface area contributed by atoms with Crippen LogP contribution in [0.15, 0.2) is 41.1 Å². The zero-order chi connectivity index (χ0) is 22.5. The molecule has 2 aliphatic heterocycles. The van der Waals surface area contributed by atoms with E-state index in [2.05, 4.69) is 36.1 Å². The monoisotopic (exact) mass is 498 g/mol. The molecule has 0 saturated carbocycles. The number of pyridine rings is 2. The molecule has 0 aromatic carbocycles. The first-order valence-corrected chi connectivity index (χ1v) is 10.2. The highest BCUT2D eigenvalue weighted by Crippen LogP contribution is 2.17. The topological polar surface area (TPSA) is 146 Å². The Hall–Kier alpha value is -2.74. The molecule has 12 nitrogen and oxygen atoms in total. The summed E-state index contributed by atoms with van der Waals surface area (Å²) in [6, 6.07) is 6.05. The molecule has 2 aromatic rings. The van der Waals surface area contributed by atoms with E-state index < -0.39 is 9.85 Å². The van der Waals surface area contributed by atoms with Crippen molar-refractivity contribution in [3.8, 4) is 0 Å². The SMILES string of the molecule is C1COCCN1.O=[N+]([O-])c1ccc(Br)cn1.O=[N+]([O-])c1ccc(N2CCOCC2)cn1. The number of rotatable bonds is 3. The van der Waals surface area contributed by atoms with Crippen LogP contribution in [0.1, 0.15) is 0 Å². The first-order chi connectivity index (χ1) is 15.0. The number of halogens is 1. The molecule has 2 aliphatic rings. The van der Waals surface area contributed by atoms with Crippen molar-refractivity contribution in [3.05, 3.63) is 61.4 Å². The summed E-state index contributed by atoms with van der Waals surface area (Å²) in [5.41, 5.74) is 0.906. The lowest BCUT2D eigenvalue weighted by atomic mass is 10.3. The maximum atomic E-state index is 10.4. The Balaban J connectivity index is 0.000000183. The summed E-state index contributed by atoms with van der Waals surface area (Å²) in [5, 5.41) is 23.6. The van der Waals surface area contributed by atoms with Crippen LogP contribution in [0.2, 0.25) is 0 Å². The molecule has 0 aliphatic carbocycles. The molecule has 2 saturated heterocycles. The molecular formula is C18H23BrN6O6. The Morgan fingerprint density at radius 3 is 1.81 bits per heavy atom. The van der Waals surface area contributed by atoms with Gasteiger partial charge in [0.1, 0.15) is 0 Å². The van der Waals surface area contributed by atoms with E-state index >= 15 is 0 Å². The largest absolute Gasteiger partial charge is 0.379 e. The van der Waals surface area contributed by atoms with Gasteiger partial charge in [-0.15, -0.1) is 0 Å². The number of hydrogen-bond donors (Lipinski definition) is 1. The molecule has 1 N–H and O–H groups in total. The van der Waals surface area contributed by atoms with Gasteiger partial charge < -0.3 is 39.9 Å². The molecule has 0 bridgehead atoms. The zero-order valence-electron chi connectivity index (χ0n) is 16.7. The van der Waals surface area contributed by atoms with Gasteiger partial charge in [0.15, 0.2) is 12.4 Å². The van der Waals surface area contributed by atoms with Gasteiger partial charge in [0.2, 0.25) is 0 Å². The molecule has 13 heteroatoms. The van der Waals surface area contributed by atoms with Crippen molar-refractivity contribution in [2.45, 2.75) is 0 Å². The van der Waals surface area contributed by atoms with Crippen LogP contribution in [0, 0.1) is 20.2 Å². The quantitative estimate of drug-likeness (QED) is 0.493. The predicted octanol–water partition coefficient (Wildman–Crippen LogP) is 2.18. The van der Waals surface area contributed by atoms with Gasteiger partial charge in [-0.3, -0.25) is 0 Å². The Morgan fingerprint density at radius 2 is 1.42 bits per heavy atom. The maximum absolute atomic E-state index is 10.4. The summed E-state index contributed by atoms with van der Waals surface area (Å²) in [6.45, 7) is 6.83. The number of nitrogens with one attached hydrogen (secondary N) is 1. The van der Waals surface area contributed by atoms with Crippen LogP contribution in [0.5, 0.6) is 0 Å². The summed E-state index contributed by atoms with van der Waals surface area (Å²) in [7, 11) is 0. The number of nitro groups is 2. The minimum Gasteiger partial charge on any atom is -0.379 e. The second-order valence-corrected chi connectivity index (χ2v) is 7.10. The van der Waals surface area contributed by atoms with Gasteiger partial charge >= 0.3 is 11.6 Å². The van der Waals surface area contributed by atoms with Crippen LogP contribution in [-0.4, -0.2) is 72.4 Å². The minimum atomic E-state index is -0.535. The lowest BCUT2D eigenvalue weighted by Crippen LogP contribution is -2.36. The molecule has 0 radical (unpaired) electrons. The van der Waals surface area contributed by atoms with Gasteiger partial charge in [0.25, 0.3) is 0 Å². The highest BCUT2D eigenvalue weighted by atomic mass is 79.9. The highest BCUT2D eigenvalue weighted by Gasteiger charge is 2.14. The third-order valence-electron chi connectivity index (χ3n) is 4.04. The van der Waals surface area contributed by atoms with Crippen molar-refractivity contribution >= 4 is 33.3 Å². The van der Waals surface area contributed by atoms with Gasteiger partial charge in [0.05, 0.1) is 36.6 Å². The molecule has 4 rings (SSSR count). The van der Waals surface area contributed by atoms with E-state index in [0.717, 1.165) is 49.6 Å². The average Bonchev–Trinajstić information content (AvgIpc) is 2.82. The summed E-state index contributed by atoms with van der Waals surface area (Å²) < 4.78 is 11.0. The zero-order valence-corrected chi connectivity index (χ0v) is 18.3. The first kappa shape index (κ1) is 24.5. The Labute approximate surface area is 187 Å². The number of anilines is 1. The van der Waals surface area contributed by atoms with Crippen molar-refractivity contribution in [1.82, 2.24) is 15.3 Å². The lowest BCUT2D eigenvalue weighted by molar-refractivity contribution is -0.389. The summed E-state index contributed by atoms with van der Waals surface area (Å²) in [4.78, 5) is 28.8. The van der Waals surface area contributed by atoms with Crippen LogP contribution in [0.4, 0.5) is 17.3 Å². The van der Waals surface area contributed by atoms with Crippen LogP contribution in [0.25, 0.3) is 0 Å². The fraction of sp³-hybridized carbons (Fsp3) is 0.444. The lowest BCUT2D eigenvalue weighted by Gasteiger charge is -2.27. The van der Waals surface area contributed by atoms with Crippen LogP contribution in [-0.2, 0) is 9.47 Å². The molecule has 2 fully saturated rings. The second-order valence-electron chi connectivity index (χ2n) is 6.19. The smallest absolute Gasteiger partial charge is 0.363 e. The molecule has 2 aromatic heterocycles. The summed E-state index contributed by atoms with van der Waals surface area (Å²) in [5.74, 6) is -0.254. The van der Waals surface area contributed by atoms with Gasteiger partial charge in [-0.05, 0) is 47.9 Å². The van der Waals surface area contributed by atoms with Crippen LogP contribution in [0.3, 0.4) is 0 Å². The second kappa shape index (κ2) is 13.5. The van der Waals surface area contributed by atoms with Gasteiger partial charge in [0, 0.05) is 38.3 Å². The van der Waals surface area contributed by atoms with E-state index in [4.69, 9.17) is 9.47 Å². The molecule has 0 spiro atoms. The maximum Gasteiger partial charge on any atom is 0.363 e. The molecule has 0 amide bonds. The molecule has 0 atom stereocenters. The van der Waals surface area contributed by atoms with Crippen molar-refractivity contribution in [3.63, 3.8) is 0 Å². The van der Waals surface area contributed by atoms with Crippen molar-refractivity contribution < 1.29 is 19.3 Å². The van der Waals surface area contributed by atoms with Gasteiger partial charge in [-0.25, -0.2) is 0 Å². The minimum absolute atomic E-state index is 0.119. The molecule has 0 unspecified atom stereocenters. The number of aromatic nitrogens is 2. The summed E-state index contributed by atoms with van der Waals surface area (Å²) >= 11 is 3.11. The van der Waals surface area contributed by atoms with E-state index in [1.807, 2.05) is 0 Å². The molecule has 168 valence electrons. The van der Waals surface area contributed by atoms with Crippen molar-refractivity contribution in [2.75, 3.05) is 57.5 Å². The van der Waals surface area contributed by atoms with E-state index in [9.17, 15) is 20.2 Å².